The predicted molar refractivity (Wildman–Crippen MR) is 146 cm³/mol. The first kappa shape index (κ1) is 28.9. The molecule has 0 bridgehead atoms. The van der Waals surface area contributed by atoms with E-state index in [1.807, 2.05) is 63.3 Å². The zero-order valence-corrected chi connectivity index (χ0v) is 23.9. The van der Waals surface area contributed by atoms with Crippen molar-refractivity contribution in [1.29, 1.82) is 0 Å². The first-order valence-corrected chi connectivity index (χ1v) is 13.7. The van der Waals surface area contributed by atoms with Crippen LogP contribution in [0.5, 0.6) is 0 Å². The number of rotatable bonds is 7. The Bertz CT molecular complexity index is 1080. The summed E-state index contributed by atoms with van der Waals surface area (Å²) >= 11 is 0. The molecule has 1 N–H and O–H groups in total. The Kier molecular flexibility index (Phi) is 8.54. The van der Waals surface area contributed by atoms with E-state index in [1.54, 1.807) is 7.11 Å². The lowest BCUT2D eigenvalue weighted by Crippen LogP contribution is -2.57. The Morgan fingerprint density at radius 1 is 1.10 bits per heavy atom. The quantitative estimate of drug-likeness (QED) is 0.526. The molecule has 10 nitrogen and oxygen atoms in total. The van der Waals surface area contributed by atoms with Crippen molar-refractivity contribution in [1.82, 2.24) is 15.2 Å². The van der Waals surface area contributed by atoms with E-state index in [9.17, 15) is 14.4 Å². The number of nitrogens with one attached hydrogen (secondary N) is 1. The van der Waals surface area contributed by atoms with Crippen LogP contribution in [-0.2, 0) is 29.4 Å². The van der Waals surface area contributed by atoms with E-state index in [1.165, 1.54) is 12.0 Å². The second-order valence-corrected chi connectivity index (χ2v) is 12.0. The van der Waals surface area contributed by atoms with E-state index in [0.717, 1.165) is 43.4 Å². The molecule has 4 rings (SSSR count). The molecule has 1 aliphatic carbocycles. The average molecular weight is 543 g/mol. The smallest absolute Gasteiger partial charge is 0.408 e. The minimum atomic E-state index is -0.916. The molecule has 39 heavy (non-hydrogen) atoms. The fourth-order valence-corrected chi connectivity index (χ4v) is 5.85. The molecule has 2 fully saturated rings. The van der Waals surface area contributed by atoms with Gasteiger partial charge in [-0.25, -0.2) is 9.59 Å². The molecule has 3 aliphatic rings. The number of likely N-dealkylation sites (tertiary alicyclic amines) is 1. The SMILES string of the molecule is COC(=O)[C@@H]1C[C@@](OC)(c2ccc(C3C=NN(C)C3)cc2)CN1C(=O)[C@@H](NC(=O)OC1CCCC1)C(C)(C)C. The Hall–Kier alpha value is -3.14. The van der Waals surface area contributed by atoms with Gasteiger partial charge in [0.15, 0.2) is 0 Å². The third-order valence-electron chi connectivity index (χ3n) is 8.19. The molecular weight excluding hydrogens is 500 g/mol. The van der Waals surface area contributed by atoms with Crippen LogP contribution in [0.2, 0.25) is 0 Å². The lowest BCUT2D eigenvalue weighted by molar-refractivity contribution is -0.152. The van der Waals surface area contributed by atoms with Gasteiger partial charge in [-0.05, 0) is 42.2 Å². The monoisotopic (exact) mass is 542 g/mol. The topological polar surface area (TPSA) is 110 Å². The number of methoxy groups -OCH3 is 2. The number of likely N-dealkylation sites (N-methyl/N-ethyl adjacent to an activating group) is 1. The summed E-state index contributed by atoms with van der Waals surface area (Å²) < 4.78 is 16.7. The van der Waals surface area contributed by atoms with Gasteiger partial charge >= 0.3 is 12.1 Å². The summed E-state index contributed by atoms with van der Waals surface area (Å²) in [4.78, 5) is 41.3. The molecule has 1 aromatic rings. The van der Waals surface area contributed by atoms with Crippen molar-refractivity contribution in [2.24, 2.45) is 10.5 Å². The molecule has 1 aromatic carbocycles. The summed E-state index contributed by atoms with van der Waals surface area (Å²) in [7, 11) is 4.84. The number of nitrogens with zero attached hydrogens (tertiary/aromatic N) is 3. The zero-order valence-electron chi connectivity index (χ0n) is 23.9. The summed E-state index contributed by atoms with van der Waals surface area (Å²) in [5.74, 6) is -0.693. The Morgan fingerprint density at radius 2 is 1.77 bits per heavy atom. The van der Waals surface area contributed by atoms with Gasteiger partial charge in [-0.2, -0.15) is 5.10 Å². The minimum absolute atomic E-state index is 0.129. The van der Waals surface area contributed by atoms with Crippen LogP contribution in [0.25, 0.3) is 0 Å². The van der Waals surface area contributed by atoms with E-state index in [2.05, 4.69) is 10.4 Å². The normalized spacial score (nSPS) is 26.1. The van der Waals surface area contributed by atoms with E-state index >= 15 is 0 Å². The number of ether oxygens (including phenoxy) is 3. The van der Waals surface area contributed by atoms with Gasteiger partial charge in [-0.1, -0.05) is 45.0 Å². The molecule has 214 valence electrons. The number of esters is 1. The van der Waals surface area contributed by atoms with Crippen LogP contribution in [0.3, 0.4) is 0 Å². The number of hydrogen-bond donors (Lipinski definition) is 1. The van der Waals surface area contributed by atoms with Gasteiger partial charge in [0.05, 0.1) is 13.7 Å². The molecule has 2 heterocycles. The molecule has 2 aliphatic heterocycles. The first-order valence-electron chi connectivity index (χ1n) is 13.7. The Labute approximate surface area is 231 Å². The van der Waals surface area contributed by atoms with Crippen molar-refractivity contribution < 1.29 is 28.6 Å². The van der Waals surface area contributed by atoms with Gasteiger partial charge in [-0.3, -0.25) is 9.80 Å². The Morgan fingerprint density at radius 3 is 2.31 bits per heavy atom. The molecule has 0 radical (unpaired) electrons. The van der Waals surface area contributed by atoms with Gasteiger partial charge in [0, 0.05) is 39.3 Å². The second-order valence-electron chi connectivity index (χ2n) is 12.0. The van der Waals surface area contributed by atoms with Crippen LogP contribution < -0.4 is 5.32 Å². The number of alkyl carbamates (subject to hydrolysis) is 1. The van der Waals surface area contributed by atoms with Crippen molar-refractivity contribution in [2.45, 2.75) is 82.6 Å². The predicted octanol–water partition coefficient (Wildman–Crippen LogP) is 3.40. The lowest BCUT2D eigenvalue weighted by Gasteiger charge is -2.35. The van der Waals surface area contributed by atoms with Crippen molar-refractivity contribution in [2.75, 3.05) is 34.4 Å². The van der Waals surface area contributed by atoms with Crippen LogP contribution in [0.1, 0.15) is 69.9 Å². The third kappa shape index (κ3) is 6.21. The van der Waals surface area contributed by atoms with Gasteiger partial charge in [0.2, 0.25) is 5.91 Å². The number of benzene rings is 1. The maximum atomic E-state index is 14.1. The summed E-state index contributed by atoms with van der Waals surface area (Å²) in [6, 6.07) is 6.30. The van der Waals surface area contributed by atoms with Crippen LogP contribution in [0, 0.1) is 5.41 Å². The van der Waals surface area contributed by atoms with E-state index in [-0.39, 0.29) is 30.9 Å². The highest BCUT2D eigenvalue weighted by molar-refractivity contribution is 5.91. The third-order valence-corrected chi connectivity index (χ3v) is 8.19. The fourth-order valence-electron chi connectivity index (χ4n) is 5.85. The number of hydrogen-bond acceptors (Lipinski definition) is 8. The molecule has 10 heteroatoms. The fraction of sp³-hybridized carbons (Fsp3) is 0.655. The van der Waals surface area contributed by atoms with Gasteiger partial charge in [0.25, 0.3) is 0 Å². The largest absolute Gasteiger partial charge is 0.467 e. The molecule has 2 amide bonds. The number of amides is 2. The van der Waals surface area contributed by atoms with Gasteiger partial charge in [0.1, 0.15) is 23.8 Å². The maximum absolute atomic E-state index is 14.1. The number of carbonyl (C=O) groups is 3. The van der Waals surface area contributed by atoms with Crippen LogP contribution >= 0.6 is 0 Å². The van der Waals surface area contributed by atoms with Crippen LogP contribution in [-0.4, -0.2) is 86.6 Å². The first-order chi connectivity index (χ1) is 18.5. The van der Waals surface area contributed by atoms with Crippen molar-refractivity contribution >= 4 is 24.2 Å². The van der Waals surface area contributed by atoms with E-state index in [0.29, 0.717) is 0 Å². The Balaban J connectivity index is 1.58. The number of carbonyl (C=O) groups excluding carboxylic acids is 3. The van der Waals surface area contributed by atoms with Crippen molar-refractivity contribution in [3.8, 4) is 0 Å². The summed E-state index contributed by atoms with van der Waals surface area (Å²) in [5, 5.41) is 9.03. The van der Waals surface area contributed by atoms with E-state index < -0.39 is 35.2 Å². The summed E-state index contributed by atoms with van der Waals surface area (Å²) in [6.07, 6.45) is 5.14. The highest BCUT2D eigenvalue weighted by Crippen LogP contribution is 2.41. The molecule has 0 spiro atoms. The van der Waals surface area contributed by atoms with Crippen molar-refractivity contribution in [3.63, 3.8) is 0 Å². The number of hydrazone groups is 1. The standard InChI is InChI=1S/C29H42N4O6/c1-28(2,3)24(31-27(36)39-22-9-7-8-10-22)25(34)33-18-29(38-6,15-23(33)26(35)37-5)21-13-11-19(12-14-21)20-16-30-32(4)17-20/h11-14,16,20,22-24H,7-10,15,17-18H2,1-6H3,(H,31,36)/t20?,23-,24+,29-/m0/s1. The molecule has 1 saturated heterocycles. The maximum Gasteiger partial charge on any atom is 0.408 e. The second kappa shape index (κ2) is 11.5. The summed E-state index contributed by atoms with van der Waals surface area (Å²) in [6.45, 7) is 6.58. The van der Waals surface area contributed by atoms with Crippen LogP contribution in [0.15, 0.2) is 29.4 Å². The minimum Gasteiger partial charge on any atom is -0.467 e. The van der Waals surface area contributed by atoms with Gasteiger partial charge in [-0.15, -0.1) is 0 Å². The van der Waals surface area contributed by atoms with Crippen molar-refractivity contribution in [3.05, 3.63) is 35.4 Å². The van der Waals surface area contributed by atoms with Gasteiger partial charge < -0.3 is 24.4 Å². The van der Waals surface area contributed by atoms with E-state index in [4.69, 9.17) is 14.2 Å². The molecular formula is C29H42N4O6. The van der Waals surface area contributed by atoms with Crippen LogP contribution in [0.4, 0.5) is 4.79 Å². The molecule has 4 atom stereocenters. The highest BCUT2D eigenvalue weighted by atomic mass is 16.6. The molecule has 1 unspecified atom stereocenters. The average Bonchev–Trinajstić information content (AvgIpc) is 3.66. The summed E-state index contributed by atoms with van der Waals surface area (Å²) in [5.41, 5.74) is 0.441. The lowest BCUT2D eigenvalue weighted by atomic mass is 9.85. The molecule has 1 saturated carbocycles. The highest BCUT2D eigenvalue weighted by Gasteiger charge is 2.53. The zero-order chi connectivity index (χ0) is 28.4. The molecule has 0 aromatic heterocycles.